The van der Waals surface area contributed by atoms with Crippen LogP contribution in [0.25, 0.3) is 0 Å². The number of anilines is 2. The molecule has 114 valence electrons. The van der Waals surface area contributed by atoms with E-state index in [4.69, 9.17) is 11.5 Å². The Labute approximate surface area is 122 Å². The minimum absolute atomic E-state index is 0.00456. The lowest BCUT2D eigenvalue weighted by Crippen LogP contribution is -2.42. The number of benzene rings is 1. The predicted octanol–water partition coefficient (Wildman–Crippen LogP) is 0.544. The van der Waals surface area contributed by atoms with Gasteiger partial charge in [0.15, 0.2) is 0 Å². The van der Waals surface area contributed by atoms with Crippen molar-refractivity contribution in [3.8, 4) is 0 Å². The molecule has 6 nitrogen and oxygen atoms in total. The summed E-state index contributed by atoms with van der Waals surface area (Å²) in [6.45, 7) is 1.54. The molecule has 7 heteroatoms. The van der Waals surface area contributed by atoms with Gasteiger partial charge in [0.1, 0.15) is 5.82 Å². The van der Waals surface area contributed by atoms with Gasteiger partial charge in [-0.2, -0.15) is 0 Å². The summed E-state index contributed by atoms with van der Waals surface area (Å²) in [7, 11) is 0. The van der Waals surface area contributed by atoms with E-state index in [0.717, 1.165) is 0 Å². The van der Waals surface area contributed by atoms with Crippen LogP contribution in [0, 0.1) is 11.7 Å². The Balaban J connectivity index is 1.82. The van der Waals surface area contributed by atoms with Gasteiger partial charge in [-0.15, -0.1) is 0 Å². The van der Waals surface area contributed by atoms with E-state index in [9.17, 15) is 14.0 Å². The highest BCUT2D eigenvalue weighted by molar-refractivity contribution is 5.92. The normalized spacial score (nSPS) is 16.6. The molecule has 0 unspecified atom stereocenters. The summed E-state index contributed by atoms with van der Waals surface area (Å²) in [6, 6.07) is 4.05. The van der Waals surface area contributed by atoms with Gasteiger partial charge < -0.3 is 16.8 Å². The van der Waals surface area contributed by atoms with E-state index in [1.165, 1.54) is 18.2 Å². The highest BCUT2D eigenvalue weighted by Gasteiger charge is 2.24. The first kappa shape index (κ1) is 15.2. The molecule has 5 N–H and O–H groups in total. The number of nitrogens with zero attached hydrogens (tertiary/aromatic N) is 1. The first-order valence-electron chi connectivity index (χ1n) is 6.82. The monoisotopic (exact) mass is 294 g/mol. The second kappa shape index (κ2) is 6.53. The van der Waals surface area contributed by atoms with Gasteiger partial charge in [0, 0.05) is 11.6 Å². The third-order valence-electron chi connectivity index (χ3n) is 3.64. The summed E-state index contributed by atoms with van der Waals surface area (Å²) in [6.07, 6.45) is 1.35. The number of halogens is 1. The molecule has 0 saturated carbocycles. The Morgan fingerprint density at radius 1 is 1.33 bits per heavy atom. The molecule has 0 aromatic heterocycles. The number of carbonyl (C=O) groups is 2. The maximum Gasteiger partial charge on any atom is 0.238 e. The molecule has 1 saturated heterocycles. The van der Waals surface area contributed by atoms with Crippen LogP contribution in [0.15, 0.2) is 18.2 Å². The summed E-state index contributed by atoms with van der Waals surface area (Å²) in [5.74, 6) is -1.08. The number of nitrogen functional groups attached to an aromatic ring is 1. The van der Waals surface area contributed by atoms with Crippen LogP contribution in [-0.2, 0) is 9.59 Å². The van der Waals surface area contributed by atoms with Crippen molar-refractivity contribution in [2.24, 2.45) is 11.7 Å². The van der Waals surface area contributed by atoms with Crippen molar-refractivity contribution < 1.29 is 14.0 Å². The zero-order valence-electron chi connectivity index (χ0n) is 11.6. The number of primary amides is 1. The van der Waals surface area contributed by atoms with Crippen LogP contribution in [0.3, 0.4) is 0 Å². The average Bonchev–Trinajstić information content (AvgIpc) is 2.43. The first-order chi connectivity index (χ1) is 9.95. The van der Waals surface area contributed by atoms with Crippen LogP contribution in [0.4, 0.5) is 15.8 Å². The minimum Gasteiger partial charge on any atom is -0.396 e. The number of rotatable bonds is 4. The van der Waals surface area contributed by atoms with E-state index >= 15 is 0 Å². The first-order valence-corrected chi connectivity index (χ1v) is 6.82. The highest BCUT2D eigenvalue weighted by atomic mass is 19.1. The third kappa shape index (κ3) is 4.16. The van der Waals surface area contributed by atoms with Gasteiger partial charge in [0.25, 0.3) is 0 Å². The Kier molecular flexibility index (Phi) is 4.74. The quantitative estimate of drug-likeness (QED) is 0.705. The van der Waals surface area contributed by atoms with E-state index in [1.807, 2.05) is 4.90 Å². The average molecular weight is 294 g/mol. The lowest BCUT2D eigenvalue weighted by atomic mass is 9.96. The molecule has 1 aromatic carbocycles. The summed E-state index contributed by atoms with van der Waals surface area (Å²) < 4.78 is 13.0. The summed E-state index contributed by atoms with van der Waals surface area (Å²) in [4.78, 5) is 24.9. The maximum absolute atomic E-state index is 13.0. The molecule has 1 fully saturated rings. The molecule has 2 amide bonds. The van der Waals surface area contributed by atoms with Crippen molar-refractivity contribution in [2.45, 2.75) is 12.8 Å². The second-order valence-corrected chi connectivity index (χ2v) is 5.24. The van der Waals surface area contributed by atoms with Crippen molar-refractivity contribution in [1.29, 1.82) is 0 Å². The van der Waals surface area contributed by atoms with Crippen LogP contribution in [0.5, 0.6) is 0 Å². The number of piperidine rings is 1. The molecule has 1 aromatic rings. The van der Waals surface area contributed by atoms with E-state index in [2.05, 4.69) is 5.32 Å². The van der Waals surface area contributed by atoms with Crippen molar-refractivity contribution >= 4 is 23.2 Å². The predicted molar refractivity (Wildman–Crippen MR) is 77.8 cm³/mol. The van der Waals surface area contributed by atoms with Gasteiger partial charge in [-0.3, -0.25) is 14.5 Å². The number of amides is 2. The molecule has 0 aliphatic carbocycles. The highest BCUT2D eigenvalue weighted by Crippen LogP contribution is 2.18. The van der Waals surface area contributed by atoms with Crippen LogP contribution < -0.4 is 16.8 Å². The molecule has 0 bridgehead atoms. The molecular weight excluding hydrogens is 275 g/mol. The Hall–Kier alpha value is -2.15. The van der Waals surface area contributed by atoms with E-state index < -0.39 is 5.82 Å². The van der Waals surface area contributed by atoms with Crippen LogP contribution in [0.2, 0.25) is 0 Å². The standard InChI is InChI=1S/C14H19FN4O2/c15-11-2-1-10(7-12(11)16)18-13(20)8-19-5-3-9(4-6-19)14(17)21/h1-2,7,9H,3-6,8,16H2,(H2,17,21)(H,18,20). The van der Waals surface area contributed by atoms with E-state index in [0.29, 0.717) is 31.6 Å². The molecule has 2 rings (SSSR count). The van der Waals surface area contributed by atoms with Gasteiger partial charge in [-0.05, 0) is 44.1 Å². The molecule has 0 spiro atoms. The summed E-state index contributed by atoms with van der Waals surface area (Å²) >= 11 is 0. The zero-order valence-corrected chi connectivity index (χ0v) is 11.6. The Morgan fingerprint density at radius 2 is 2.00 bits per heavy atom. The van der Waals surface area contributed by atoms with Crippen molar-refractivity contribution in [1.82, 2.24) is 4.90 Å². The summed E-state index contributed by atoms with van der Waals surface area (Å²) in [5.41, 5.74) is 11.2. The second-order valence-electron chi connectivity index (χ2n) is 5.24. The number of carbonyl (C=O) groups excluding carboxylic acids is 2. The maximum atomic E-state index is 13.0. The fourth-order valence-corrected chi connectivity index (χ4v) is 2.40. The Morgan fingerprint density at radius 3 is 2.57 bits per heavy atom. The van der Waals surface area contributed by atoms with Crippen molar-refractivity contribution in [2.75, 3.05) is 30.7 Å². The number of nitrogens with one attached hydrogen (secondary N) is 1. The topological polar surface area (TPSA) is 101 Å². The number of likely N-dealkylation sites (tertiary alicyclic amines) is 1. The fourth-order valence-electron chi connectivity index (χ4n) is 2.40. The molecule has 21 heavy (non-hydrogen) atoms. The van der Waals surface area contributed by atoms with Gasteiger partial charge in [0.2, 0.25) is 11.8 Å². The molecule has 1 aliphatic rings. The van der Waals surface area contributed by atoms with E-state index in [1.54, 1.807) is 0 Å². The number of hydrogen-bond donors (Lipinski definition) is 3. The van der Waals surface area contributed by atoms with Crippen LogP contribution >= 0.6 is 0 Å². The van der Waals surface area contributed by atoms with Crippen LogP contribution in [0.1, 0.15) is 12.8 Å². The van der Waals surface area contributed by atoms with Gasteiger partial charge >= 0.3 is 0 Å². The minimum atomic E-state index is -0.512. The summed E-state index contributed by atoms with van der Waals surface area (Å²) in [5, 5.41) is 2.67. The van der Waals surface area contributed by atoms with Gasteiger partial charge in [-0.1, -0.05) is 0 Å². The molecular formula is C14H19FN4O2. The van der Waals surface area contributed by atoms with Crippen LogP contribution in [-0.4, -0.2) is 36.3 Å². The SMILES string of the molecule is NC(=O)C1CCN(CC(=O)Nc2ccc(F)c(N)c2)CC1. The van der Waals surface area contributed by atoms with E-state index in [-0.39, 0.29) is 30.0 Å². The van der Waals surface area contributed by atoms with Gasteiger partial charge in [-0.25, -0.2) is 4.39 Å². The number of hydrogen-bond acceptors (Lipinski definition) is 4. The van der Waals surface area contributed by atoms with Crippen molar-refractivity contribution in [3.63, 3.8) is 0 Å². The lowest BCUT2D eigenvalue weighted by molar-refractivity contribution is -0.123. The third-order valence-corrected chi connectivity index (χ3v) is 3.64. The fraction of sp³-hybridized carbons (Fsp3) is 0.429. The number of nitrogens with two attached hydrogens (primary N) is 2. The Bertz CT molecular complexity index is 542. The van der Waals surface area contributed by atoms with Gasteiger partial charge in [0.05, 0.1) is 12.2 Å². The smallest absolute Gasteiger partial charge is 0.238 e. The lowest BCUT2D eigenvalue weighted by Gasteiger charge is -2.29. The molecule has 1 aliphatic heterocycles. The van der Waals surface area contributed by atoms with Crippen molar-refractivity contribution in [3.05, 3.63) is 24.0 Å². The molecule has 0 radical (unpaired) electrons. The largest absolute Gasteiger partial charge is 0.396 e. The zero-order chi connectivity index (χ0) is 15.4. The molecule has 0 atom stereocenters. The molecule has 1 heterocycles.